The average Bonchev–Trinajstić information content (AvgIpc) is 2.87. The molecule has 0 aliphatic heterocycles. The fourth-order valence-electron chi connectivity index (χ4n) is 3.90. The van der Waals surface area contributed by atoms with Gasteiger partial charge in [0, 0.05) is 30.1 Å². The lowest BCUT2D eigenvalue weighted by molar-refractivity contribution is -0.140. The van der Waals surface area contributed by atoms with Crippen molar-refractivity contribution in [3.05, 3.63) is 100 Å². The molecule has 0 unspecified atom stereocenters. The molecule has 0 aliphatic carbocycles. The second kappa shape index (κ2) is 13.1. The van der Waals surface area contributed by atoms with Crippen molar-refractivity contribution in [2.75, 3.05) is 13.7 Å². The second-order valence-electron chi connectivity index (χ2n) is 9.09. The zero-order valence-corrected chi connectivity index (χ0v) is 21.6. The molecule has 0 spiro atoms. The molecule has 0 saturated heterocycles. The Bertz CT molecular complexity index is 1150. The van der Waals surface area contributed by atoms with Gasteiger partial charge in [-0.3, -0.25) is 9.59 Å². The highest BCUT2D eigenvalue weighted by Crippen LogP contribution is 2.23. The van der Waals surface area contributed by atoms with Gasteiger partial charge in [-0.25, -0.2) is 4.39 Å². The van der Waals surface area contributed by atoms with E-state index in [0.29, 0.717) is 18.7 Å². The van der Waals surface area contributed by atoms with Crippen LogP contribution in [0.15, 0.2) is 72.8 Å². The smallest absolute Gasteiger partial charge is 0.243 e. The molecule has 7 heteroatoms. The summed E-state index contributed by atoms with van der Waals surface area (Å²) in [6.07, 6.45) is 0.0453. The van der Waals surface area contributed by atoms with Crippen molar-refractivity contribution < 1.29 is 18.7 Å². The number of carbonyl (C=O) groups excluding carboxylic acids is 2. The first-order valence-corrected chi connectivity index (χ1v) is 12.3. The van der Waals surface area contributed by atoms with E-state index < -0.39 is 17.8 Å². The molecule has 0 aromatic heterocycles. The SMILES string of the molecule is COc1cccc(CN(C(=O)Cc2c(F)cccc2Cl)[C@@H](Cc2ccccc2)C(=O)NCC(C)C)c1. The molecular formula is C29H32ClFN2O3. The predicted octanol–water partition coefficient (Wildman–Crippen LogP) is 5.44. The van der Waals surface area contributed by atoms with Crippen LogP contribution in [0, 0.1) is 11.7 Å². The Labute approximate surface area is 217 Å². The summed E-state index contributed by atoms with van der Waals surface area (Å²) in [5, 5.41) is 3.15. The van der Waals surface area contributed by atoms with E-state index in [1.54, 1.807) is 13.2 Å². The van der Waals surface area contributed by atoms with Crippen molar-refractivity contribution in [1.29, 1.82) is 0 Å². The van der Waals surface area contributed by atoms with Gasteiger partial charge in [0.2, 0.25) is 11.8 Å². The Morgan fingerprint density at radius 1 is 1.00 bits per heavy atom. The number of carbonyl (C=O) groups is 2. The molecule has 2 amide bonds. The van der Waals surface area contributed by atoms with Crippen molar-refractivity contribution in [2.45, 2.75) is 39.3 Å². The fraction of sp³-hybridized carbons (Fsp3) is 0.310. The highest BCUT2D eigenvalue weighted by Gasteiger charge is 2.31. The molecule has 190 valence electrons. The molecule has 36 heavy (non-hydrogen) atoms. The van der Waals surface area contributed by atoms with Crippen LogP contribution in [-0.4, -0.2) is 36.4 Å². The summed E-state index contributed by atoms with van der Waals surface area (Å²) in [5.74, 6) is -0.332. The molecule has 1 atom stereocenters. The third-order valence-electron chi connectivity index (χ3n) is 5.83. The minimum absolute atomic E-state index is 0.112. The number of hydrogen-bond donors (Lipinski definition) is 1. The Kier molecular flexibility index (Phi) is 9.88. The quantitative estimate of drug-likeness (QED) is 0.373. The van der Waals surface area contributed by atoms with Gasteiger partial charge < -0.3 is 15.0 Å². The monoisotopic (exact) mass is 510 g/mol. The standard InChI is InChI=1S/C29H32ClFN2O3/c1-20(2)18-32-29(35)27(16-21-9-5-4-6-10-21)33(19-22-11-7-12-23(15-22)36-3)28(34)17-24-25(30)13-8-14-26(24)31/h4-15,20,27H,16-19H2,1-3H3,(H,32,35)/t27-/m0/s1. The van der Waals surface area contributed by atoms with Gasteiger partial charge in [-0.1, -0.05) is 74.0 Å². The molecule has 0 fully saturated rings. The van der Waals surface area contributed by atoms with Crippen molar-refractivity contribution in [3.63, 3.8) is 0 Å². The highest BCUT2D eigenvalue weighted by molar-refractivity contribution is 6.31. The van der Waals surface area contributed by atoms with Crippen molar-refractivity contribution in [1.82, 2.24) is 10.2 Å². The molecule has 0 aliphatic rings. The number of methoxy groups -OCH3 is 1. The van der Waals surface area contributed by atoms with Gasteiger partial charge in [0.15, 0.2) is 0 Å². The Morgan fingerprint density at radius 2 is 1.69 bits per heavy atom. The second-order valence-corrected chi connectivity index (χ2v) is 9.50. The summed E-state index contributed by atoms with van der Waals surface area (Å²) in [6, 6.07) is 20.4. The summed E-state index contributed by atoms with van der Waals surface area (Å²) >= 11 is 6.23. The molecule has 0 radical (unpaired) electrons. The van der Waals surface area contributed by atoms with Crippen molar-refractivity contribution in [3.8, 4) is 5.75 Å². The minimum atomic E-state index is -0.810. The highest BCUT2D eigenvalue weighted by atomic mass is 35.5. The number of ether oxygens (including phenoxy) is 1. The predicted molar refractivity (Wildman–Crippen MR) is 140 cm³/mol. The van der Waals surface area contributed by atoms with E-state index in [0.717, 1.165) is 11.1 Å². The van der Waals surface area contributed by atoms with Crippen LogP contribution in [0.25, 0.3) is 0 Å². The number of halogens is 2. The molecule has 0 bridgehead atoms. The molecule has 3 aromatic rings. The molecular weight excluding hydrogens is 479 g/mol. The molecule has 0 heterocycles. The molecule has 3 aromatic carbocycles. The maximum Gasteiger partial charge on any atom is 0.243 e. The first-order valence-electron chi connectivity index (χ1n) is 12.0. The lowest BCUT2D eigenvalue weighted by Gasteiger charge is -2.32. The lowest BCUT2D eigenvalue weighted by atomic mass is 10.0. The number of amides is 2. The first kappa shape index (κ1) is 27.2. The zero-order valence-electron chi connectivity index (χ0n) is 20.8. The maximum absolute atomic E-state index is 14.6. The average molecular weight is 511 g/mol. The molecule has 5 nitrogen and oxygen atoms in total. The van der Waals surface area contributed by atoms with Gasteiger partial charge in [-0.15, -0.1) is 0 Å². The van der Waals surface area contributed by atoms with E-state index in [1.807, 2.05) is 68.4 Å². The summed E-state index contributed by atoms with van der Waals surface area (Å²) in [5.41, 5.74) is 1.81. The van der Waals surface area contributed by atoms with E-state index in [1.165, 1.54) is 17.0 Å². The normalized spacial score (nSPS) is 11.7. The van der Waals surface area contributed by atoms with Crippen LogP contribution < -0.4 is 10.1 Å². The number of nitrogens with one attached hydrogen (secondary N) is 1. The summed E-state index contributed by atoms with van der Waals surface area (Å²) in [4.78, 5) is 28.7. The van der Waals surface area contributed by atoms with Gasteiger partial charge in [-0.05, 0) is 41.3 Å². The van der Waals surface area contributed by atoms with Crippen LogP contribution in [0.4, 0.5) is 4.39 Å². The third kappa shape index (κ3) is 7.56. The molecule has 3 rings (SSSR count). The fourth-order valence-corrected chi connectivity index (χ4v) is 4.13. The van der Waals surface area contributed by atoms with Crippen LogP contribution in [0.2, 0.25) is 5.02 Å². The van der Waals surface area contributed by atoms with Crippen LogP contribution >= 0.6 is 11.6 Å². The Balaban J connectivity index is 2.01. The van der Waals surface area contributed by atoms with Crippen LogP contribution in [0.5, 0.6) is 5.75 Å². The third-order valence-corrected chi connectivity index (χ3v) is 6.19. The van der Waals surface area contributed by atoms with E-state index in [2.05, 4.69) is 5.32 Å². The van der Waals surface area contributed by atoms with Crippen molar-refractivity contribution >= 4 is 23.4 Å². The molecule has 0 saturated carbocycles. The van der Waals surface area contributed by atoms with Crippen LogP contribution in [0.1, 0.15) is 30.5 Å². The van der Waals surface area contributed by atoms with E-state index in [4.69, 9.17) is 16.3 Å². The van der Waals surface area contributed by atoms with Crippen molar-refractivity contribution in [2.24, 2.45) is 5.92 Å². The number of nitrogens with zero attached hydrogens (tertiary/aromatic N) is 1. The van der Waals surface area contributed by atoms with Gasteiger partial charge >= 0.3 is 0 Å². The topological polar surface area (TPSA) is 58.6 Å². The van der Waals surface area contributed by atoms with Gasteiger partial charge in [-0.2, -0.15) is 0 Å². The summed E-state index contributed by atoms with van der Waals surface area (Å²) in [7, 11) is 1.57. The molecule has 1 N–H and O–H groups in total. The van der Waals surface area contributed by atoms with Gasteiger partial charge in [0.1, 0.15) is 17.6 Å². The maximum atomic E-state index is 14.6. The summed E-state index contributed by atoms with van der Waals surface area (Å²) < 4.78 is 19.9. The Hall–Kier alpha value is -3.38. The van der Waals surface area contributed by atoms with Gasteiger partial charge in [0.25, 0.3) is 0 Å². The minimum Gasteiger partial charge on any atom is -0.497 e. The zero-order chi connectivity index (χ0) is 26.1. The van der Waals surface area contributed by atoms with Crippen LogP contribution in [-0.2, 0) is 29.0 Å². The van der Waals surface area contributed by atoms with E-state index >= 15 is 0 Å². The number of hydrogen-bond acceptors (Lipinski definition) is 3. The van der Waals surface area contributed by atoms with Gasteiger partial charge in [0.05, 0.1) is 13.5 Å². The number of benzene rings is 3. The van der Waals surface area contributed by atoms with E-state index in [-0.39, 0.29) is 35.4 Å². The Morgan fingerprint density at radius 3 is 2.36 bits per heavy atom. The number of rotatable bonds is 11. The summed E-state index contributed by atoms with van der Waals surface area (Å²) in [6.45, 7) is 4.64. The lowest BCUT2D eigenvalue weighted by Crippen LogP contribution is -2.51. The largest absolute Gasteiger partial charge is 0.497 e. The first-order chi connectivity index (χ1) is 17.3. The van der Waals surface area contributed by atoms with Crippen LogP contribution in [0.3, 0.4) is 0 Å². The van der Waals surface area contributed by atoms with E-state index in [9.17, 15) is 14.0 Å².